The van der Waals surface area contributed by atoms with Gasteiger partial charge in [0.2, 0.25) is 0 Å². The lowest BCUT2D eigenvalue weighted by atomic mass is 10.3. The first kappa shape index (κ1) is 13.4. The zero-order chi connectivity index (χ0) is 12.8. The Morgan fingerprint density at radius 3 is 2.88 bits per heavy atom. The van der Waals surface area contributed by atoms with E-state index in [0.29, 0.717) is 29.7 Å². The van der Waals surface area contributed by atoms with Gasteiger partial charge in [0.15, 0.2) is 0 Å². The van der Waals surface area contributed by atoms with Gasteiger partial charge in [-0.05, 0) is 22.9 Å². The van der Waals surface area contributed by atoms with Gasteiger partial charge in [0.1, 0.15) is 11.9 Å². The third-order valence-electron chi connectivity index (χ3n) is 2.24. The number of pyridine rings is 1. The molecule has 1 aromatic heterocycles. The minimum absolute atomic E-state index is 0.0563. The molecule has 0 radical (unpaired) electrons. The Labute approximate surface area is 107 Å². The fraction of sp³-hybridized carbons (Fsp3) is 0.400. The molecule has 7 heteroatoms. The molecule has 0 fully saturated rings. The predicted molar refractivity (Wildman–Crippen MR) is 66.7 cm³/mol. The Bertz CT molecular complexity index is 458. The van der Waals surface area contributed by atoms with Crippen LogP contribution in [-0.4, -0.2) is 23.0 Å². The molecule has 0 N–H and O–H groups in total. The van der Waals surface area contributed by atoms with Gasteiger partial charge < -0.3 is 4.90 Å². The van der Waals surface area contributed by atoms with Crippen molar-refractivity contribution in [2.75, 3.05) is 18.0 Å². The summed E-state index contributed by atoms with van der Waals surface area (Å²) in [7, 11) is 0. The quantitative estimate of drug-likeness (QED) is 0.616. The van der Waals surface area contributed by atoms with Crippen LogP contribution in [0.3, 0.4) is 0 Å². The van der Waals surface area contributed by atoms with E-state index in [-0.39, 0.29) is 5.69 Å². The Hall–Kier alpha value is -1.68. The Morgan fingerprint density at radius 2 is 2.35 bits per heavy atom. The molecule has 0 bridgehead atoms. The molecule has 17 heavy (non-hydrogen) atoms. The largest absolute Gasteiger partial charge is 0.364 e. The maximum atomic E-state index is 10.9. The number of nitro groups is 1. The first-order chi connectivity index (χ1) is 8.11. The number of hydrogen-bond acceptors (Lipinski definition) is 5. The lowest BCUT2D eigenvalue weighted by Gasteiger charge is -2.22. The van der Waals surface area contributed by atoms with Crippen molar-refractivity contribution in [3.8, 4) is 6.07 Å². The van der Waals surface area contributed by atoms with Gasteiger partial charge in [0.05, 0.1) is 21.9 Å². The van der Waals surface area contributed by atoms with Gasteiger partial charge in [-0.3, -0.25) is 15.1 Å². The summed E-state index contributed by atoms with van der Waals surface area (Å²) < 4.78 is 0.562. The highest BCUT2D eigenvalue weighted by Crippen LogP contribution is 2.34. The molecule has 0 saturated heterocycles. The summed E-state index contributed by atoms with van der Waals surface area (Å²) in [6.07, 6.45) is 3.05. The second-order valence-electron chi connectivity index (χ2n) is 3.23. The molecule has 1 rings (SSSR count). The minimum atomic E-state index is -0.470. The van der Waals surface area contributed by atoms with Gasteiger partial charge >= 0.3 is 5.69 Å². The molecule has 0 aliphatic heterocycles. The zero-order valence-electron chi connectivity index (χ0n) is 9.26. The van der Waals surface area contributed by atoms with Crippen LogP contribution in [-0.2, 0) is 0 Å². The van der Waals surface area contributed by atoms with Crippen LogP contribution >= 0.6 is 15.9 Å². The lowest BCUT2D eigenvalue weighted by molar-refractivity contribution is -0.384. The molecule has 0 saturated carbocycles. The van der Waals surface area contributed by atoms with E-state index in [4.69, 9.17) is 5.26 Å². The highest BCUT2D eigenvalue weighted by atomic mass is 79.9. The molecule has 1 aromatic rings. The second kappa shape index (κ2) is 6.15. The minimum Gasteiger partial charge on any atom is -0.364 e. The van der Waals surface area contributed by atoms with Crippen LogP contribution < -0.4 is 4.90 Å². The smallest absolute Gasteiger partial charge is 0.311 e. The van der Waals surface area contributed by atoms with Crippen LogP contribution in [0, 0.1) is 21.4 Å². The standard InChI is InChI=1S/C10H11BrN4O2/c1-2-14(5-3-4-12)10-8(11)6-13-7-9(10)15(16)17/h6-7H,2-3,5H2,1H3. The summed E-state index contributed by atoms with van der Waals surface area (Å²) in [5, 5.41) is 19.5. The molecular formula is C10H11BrN4O2. The summed E-state index contributed by atoms with van der Waals surface area (Å²) in [6, 6.07) is 2.03. The average molecular weight is 299 g/mol. The summed E-state index contributed by atoms with van der Waals surface area (Å²) in [5.41, 5.74) is 0.418. The van der Waals surface area contributed by atoms with Crippen molar-refractivity contribution in [3.63, 3.8) is 0 Å². The summed E-state index contributed by atoms with van der Waals surface area (Å²) in [4.78, 5) is 16.0. The first-order valence-corrected chi connectivity index (χ1v) is 5.80. The van der Waals surface area contributed by atoms with E-state index in [0.717, 1.165) is 0 Å². The Balaban J connectivity index is 3.17. The van der Waals surface area contributed by atoms with E-state index >= 15 is 0 Å². The van der Waals surface area contributed by atoms with Crippen molar-refractivity contribution >= 4 is 27.3 Å². The lowest BCUT2D eigenvalue weighted by Crippen LogP contribution is -2.25. The van der Waals surface area contributed by atoms with Crippen molar-refractivity contribution in [1.29, 1.82) is 5.26 Å². The summed E-state index contributed by atoms with van der Waals surface area (Å²) >= 11 is 3.26. The van der Waals surface area contributed by atoms with E-state index in [2.05, 4.69) is 20.9 Å². The molecule has 0 spiro atoms. The summed E-state index contributed by atoms with van der Waals surface area (Å²) in [6.45, 7) is 2.93. The van der Waals surface area contributed by atoms with Gasteiger partial charge in [0, 0.05) is 19.3 Å². The molecule has 0 aliphatic carbocycles. The van der Waals surface area contributed by atoms with Crippen LogP contribution in [0.5, 0.6) is 0 Å². The van der Waals surface area contributed by atoms with Gasteiger partial charge in [-0.15, -0.1) is 0 Å². The number of nitriles is 1. The zero-order valence-corrected chi connectivity index (χ0v) is 10.8. The number of halogens is 1. The number of aromatic nitrogens is 1. The monoisotopic (exact) mass is 298 g/mol. The third-order valence-corrected chi connectivity index (χ3v) is 2.82. The average Bonchev–Trinajstić information content (AvgIpc) is 2.31. The molecule has 90 valence electrons. The van der Waals surface area contributed by atoms with Crippen LogP contribution in [0.2, 0.25) is 0 Å². The molecule has 1 heterocycles. The van der Waals surface area contributed by atoms with Crippen molar-refractivity contribution in [2.45, 2.75) is 13.3 Å². The highest BCUT2D eigenvalue weighted by molar-refractivity contribution is 9.10. The van der Waals surface area contributed by atoms with Crippen LogP contribution in [0.1, 0.15) is 13.3 Å². The fourth-order valence-electron chi connectivity index (χ4n) is 1.48. The predicted octanol–water partition coefficient (Wildman–Crippen LogP) is 2.49. The highest BCUT2D eigenvalue weighted by Gasteiger charge is 2.21. The topological polar surface area (TPSA) is 83.1 Å². The number of rotatable bonds is 5. The molecule has 0 amide bonds. The first-order valence-electron chi connectivity index (χ1n) is 5.01. The van der Waals surface area contributed by atoms with Crippen LogP contribution in [0.15, 0.2) is 16.9 Å². The van der Waals surface area contributed by atoms with Gasteiger partial charge in [-0.1, -0.05) is 0 Å². The maximum absolute atomic E-state index is 10.9. The molecule has 0 aliphatic rings. The number of hydrogen-bond donors (Lipinski definition) is 0. The second-order valence-corrected chi connectivity index (χ2v) is 4.09. The van der Waals surface area contributed by atoms with E-state index in [1.54, 1.807) is 4.90 Å². The van der Waals surface area contributed by atoms with Crippen molar-refractivity contribution in [1.82, 2.24) is 4.98 Å². The number of anilines is 1. The van der Waals surface area contributed by atoms with Crippen LogP contribution in [0.25, 0.3) is 0 Å². The molecule has 0 atom stereocenters. The maximum Gasteiger partial charge on any atom is 0.311 e. The van der Waals surface area contributed by atoms with E-state index in [1.807, 2.05) is 13.0 Å². The van der Waals surface area contributed by atoms with Gasteiger partial charge in [-0.25, -0.2) is 0 Å². The number of nitrogens with zero attached hydrogens (tertiary/aromatic N) is 4. The van der Waals surface area contributed by atoms with Crippen molar-refractivity contribution < 1.29 is 4.92 Å². The van der Waals surface area contributed by atoms with Crippen molar-refractivity contribution in [2.24, 2.45) is 0 Å². The molecular weight excluding hydrogens is 288 g/mol. The molecule has 0 unspecified atom stereocenters. The van der Waals surface area contributed by atoms with E-state index in [1.165, 1.54) is 12.4 Å². The summed E-state index contributed by atoms with van der Waals surface area (Å²) in [5.74, 6) is 0. The Morgan fingerprint density at radius 1 is 1.65 bits per heavy atom. The van der Waals surface area contributed by atoms with E-state index in [9.17, 15) is 10.1 Å². The normalized spacial score (nSPS) is 9.71. The molecule has 0 aromatic carbocycles. The van der Waals surface area contributed by atoms with E-state index < -0.39 is 4.92 Å². The van der Waals surface area contributed by atoms with Crippen molar-refractivity contribution in [3.05, 3.63) is 27.0 Å². The van der Waals surface area contributed by atoms with Gasteiger partial charge in [-0.2, -0.15) is 5.26 Å². The Kier molecular flexibility index (Phi) is 4.84. The SMILES string of the molecule is CCN(CCC#N)c1c(Br)cncc1[N+](=O)[O-]. The van der Waals surface area contributed by atoms with Crippen LogP contribution in [0.4, 0.5) is 11.4 Å². The fourth-order valence-corrected chi connectivity index (χ4v) is 2.05. The van der Waals surface area contributed by atoms with Gasteiger partial charge in [0.25, 0.3) is 0 Å². The third kappa shape index (κ3) is 3.14. The molecule has 6 nitrogen and oxygen atoms in total.